The van der Waals surface area contributed by atoms with Crippen LogP contribution in [0.25, 0.3) is 0 Å². The molecule has 0 aliphatic carbocycles. The minimum Gasteiger partial charge on any atom is -0.383 e. The topological polar surface area (TPSA) is 33.1 Å². The molecule has 2 nitrogen and oxygen atoms in total. The maximum absolute atomic E-state index is 10.1. The third-order valence-corrected chi connectivity index (χ3v) is 3.53. The molecule has 1 aromatic heterocycles. The lowest BCUT2D eigenvalue weighted by molar-refractivity contribution is 0.223. The van der Waals surface area contributed by atoms with Gasteiger partial charge >= 0.3 is 0 Å². The summed E-state index contributed by atoms with van der Waals surface area (Å²) >= 11 is 7.32. The van der Waals surface area contributed by atoms with Gasteiger partial charge in [-0.1, -0.05) is 29.8 Å². The van der Waals surface area contributed by atoms with Gasteiger partial charge in [0.15, 0.2) is 0 Å². The van der Waals surface area contributed by atoms with E-state index in [1.54, 1.807) is 12.3 Å². The van der Waals surface area contributed by atoms with Crippen molar-refractivity contribution in [3.05, 3.63) is 51.5 Å². The van der Waals surface area contributed by atoms with Gasteiger partial charge < -0.3 is 5.11 Å². The first kappa shape index (κ1) is 10.6. The van der Waals surface area contributed by atoms with Crippen LogP contribution in [-0.4, -0.2) is 9.48 Å². The van der Waals surface area contributed by atoms with Gasteiger partial charge in [0.05, 0.1) is 4.88 Å². The molecule has 0 radical (unpaired) electrons. The minimum absolute atomic E-state index is 0.581. The number of halogens is 1. The number of hydrogen-bond acceptors (Lipinski definition) is 3. The van der Waals surface area contributed by atoms with E-state index in [4.69, 9.17) is 11.6 Å². The molecule has 0 aliphatic rings. The highest BCUT2D eigenvalue weighted by Crippen LogP contribution is 2.31. The number of hydrogen-bond donors (Lipinski definition) is 1. The van der Waals surface area contributed by atoms with Crippen LogP contribution in [0, 0.1) is 6.92 Å². The molecule has 0 spiro atoms. The molecule has 4 heteroatoms. The Kier molecular flexibility index (Phi) is 3.05. The third kappa shape index (κ3) is 2.04. The number of aromatic nitrogens is 1. The number of benzene rings is 1. The van der Waals surface area contributed by atoms with E-state index in [-0.39, 0.29) is 0 Å². The van der Waals surface area contributed by atoms with Crippen LogP contribution < -0.4 is 0 Å². The van der Waals surface area contributed by atoms with Crippen LogP contribution in [0.5, 0.6) is 0 Å². The van der Waals surface area contributed by atoms with Crippen molar-refractivity contribution in [1.82, 2.24) is 4.37 Å². The molecule has 1 N–H and O–H groups in total. The molecular formula is C11H10ClNOS. The summed E-state index contributed by atoms with van der Waals surface area (Å²) in [6.45, 7) is 1.93. The molecule has 0 saturated heterocycles. The summed E-state index contributed by atoms with van der Waals surface area (Å²) in [7, 11) is 0. The highest BCUT2D eigenvalue weighted by atomic mass is 35.5. The zero-order chi connectivity index (χ0) is 10.8. The van der Waals surface area contributed by atoms with Crippen molar-refractivity contribution in [2.75, 3.05) is 0 Å². The van der Waals surface area contributed by atoms with Gasteiger partial charge in [0.25, 0.3) is 0 Å². The number of nitrogens with zero attached hydrogens (tertiary/aromatic N) is 1. The second-order valence-electron chi connectivity index (χ2n) is 3.30. The molecule has 1 heterocycles. The van der Waals surface area contributed by atoms with Crippen molar-refractivity contribution < 1.29 is 5.11 Å². The molecule has 2 rings (SSSR count). The summed E-state index contributed by atoms with van der Waals surface area (Å²) in [6, 6.07) is 7.31. The van der Waals surface area contributed by atoms with E-state index in [0.29, 0.717) is 5.02 Å². The second-order valence-corrected chi connectivity index (χ2v) is 4.54. The normalized spacial score (nSPS) is 12.7. The van der Waals surface area contributed by atoms with Crippen LogP contribution in [-0.2, 0) is 0 Å². The maximum atomic E-state index is 10.1. The van der Waals surface area contributed by atoms with Gasteiger partial charge in [0, 0.05) is 16.8 Å². The van der Waals surface area contributed by atoms with Gasteiger partial charge in [0.2, 0.25) is 0 Å². The summed E-state index contributed by atoms with van der Waals surface area (Å²) in [5.74, 6) is 0. The number of rotatable bonds is 2. The van der Waals surface area contributed by atoms with E-state index < -0.39 is 6.10 Å². The Hall–Kier alpha value is -0.900. The van der Waals surface area contributed by atoms with Crippen molar-refractivity contribution >= 4 is 23.1 Å². The largest absolute Gasteiger partial charge is 0.383 e. The Balaban J connectivity index is 2.41. The Morgan fingerprint density at radius 1 is 1.40 bits per heavy atom. The fraction of sp³-hybridized carbons (Fsp3) is 0.182. The van der Waals surface area contributed by atoms with E-state index >= 15 is 0 Å². The monoisotopic (exact) mass is 239 g/mol. The molecule has 15 heavy (non-hydrogen) atoms. The van der Waals surface area contributed by atoms with E-state index in [9.17, 15) is 5.11 Å². The van der Waals surface area contributed by atoms with Crippen LogP contribution in [0.2, 0.25) is 5.02 Å². The molecule has 2 aromatic rings. The maximum Gasteiger partial charge on any atom is 0.116 e. The molecule has 78 valence electrons. The summed E-state index contributed by atoms with van der Waals surface area (Å²) in [6.07, 6.45) is 1.08. The van der Waals surface area contributed by atoms with E-state index in [1.807, 2.05) is 25.1 Å². The second kappa shape index (κ2) is 4.31. The first-order valence-electron chi connectivity index (χ1n) is 4.54. The number of aliphatic hydroxyl groups excluding tert-OH is 1. The van der Waals surface area contributed by atoms with Crippen LogP contribution in [0.3, 0.4) is 0 Å². The zero-order valence-electron chi connectivity index (χ0n) is 8.14. The molecule has 0 bridgehead atoms. The molecule has 0 saturated carbocycles. The van der Waals surface area contributed by atoms with Gasteiger partial charge in [-0.2, -0.15) is 0 Å². The fourth-order valence-corrected chi connectivity index (χ4v) is 2.39. The smallest absolute Gasteiger partial charge is 0.116 e. The Bertz CT molecular complexity index is 469. The molecule has 1 aromatic carbocycles. The lowest BCUT2D eigenvalue weighted by Crippen LogP contribution is -1.99. The van der Waals surface area contributed by atoms with Gasteiger partial charge in [-0.25, -0.2) is 4.37 Å². The van der Waals surface area contributed by atoms with Crippen LogP contribution in [0.1, 0.15) is 22.1 Å². The van der Waals surface area contributed by atoms with Gasteiger partial charge in [0.1, 0.15) is 6.10 Å². The van der Waals surface area contributed by atoms with E-state index in [1.165, 1.54) is 11.5 Å². The van der Waals surface area contributed by atoms with Gasteiger partial charge in [-0.05, 0) is 30.1 Å². The highest BCUT2D eigenvalue weighted by Gasteiger charge is 2.17. The average Bonchev–Trinajstić information content (AvgIpc) is 2.64. The van der Waals surface area contributed by atoms with Crippen molar-refractivity contribution in [2.45, 2.75) is 13.0 Å². The first-order valence-corrected chi connectivity index (χ1v) is 5.69. The van der Waals surface area contributed by atoms with Gasteiger partial charge in [-0.15, -0.1) is 0 Å². The number of aryl methyl sites for hydroxylation is 1. The van der Waals surface area contributed by atoms with Crippen molar-refractivity contribution in [3.63, 3.8) is 0 Å². The summed E-state index contributed by atoms with van der Waals surface area (Å²) in [4.78, 5) is 0.850. The first-order chi connectivity index (χ1) is 7.20. The van der Waals surface area contributed by atoms with Crippen LogP contribution >= 0.6 is 23.1 Å². The van der Waals surface area contributed by atoms with Crippen molar-refractivity contribution in [2.24, 2.45) is 0 Å². The van der Waals surface area contributed by atoms with Crippen LogP contribution in [0.4, 0.5) is 0 Å². The molecule has 0 aliphatic heterocycles. The average molecular weight is 240 g/mol. The SMILES string of the molecule is Cc1cnsc1C(O)c1ccccc1Cl. The minimum atomic E-state index is -0.675. The Morgan fingerprint density at radius 2 is 2.13 bits per heavy atom. The molecular weight excluding hydrogens is 230 g/mol. The van der Waals surface area contributed by atoms with Gasteiger partial charge in [-0.3, -0.25) is 0 Å². The van der Waals surface area contributed by atoms with Crippen molar-refractivity contribution in [1.29, 1.82) is 0 Å². The Labute approximate surface area is 97.3 Å². The highest BCUT2D eigenvalue weighted by molar-refractivity contribution is 7.06. The molecule has 0 amide bonds. The third-order valence-electron chi connectivity index (χ3n) is 2.23. The van der Waals surface area contributed by atoms with Crippen molar-refractivity contribution in [3.8, 4) is 0 Å². The number of aliphatic hydroxyl groups is 1. The Morgan fingerprint density at radius 3 is 2.73 bits per heavy atom. The van der Waals surface area contributed by atoms with E-state index in [0.717, 1.165) is 16.0 Å². The molecule has 1 atom stereocenters. The fourth-order valence-electron chi connectivity index (χ4n) is 1.40. The predicted molar refractivity (Wildman–Crippen MR) is 62.4 cm³/mol. The lowest BCUT2D eigenvalue weighted by Gasteiger charge is -2.11. The lowest BCUT2D eigenvalue weighted by atomic mass is 10.1. The van der Waals surface area contributed by atoms with Crippen LogP contribution in [0.15, 0.2) is 30.5 Å². The zero-order valence-corrected chi connectivity index (χ0v) is 9.72. The molecule has 0 fully saturated rings. The summed E-state index contributed by atoms with van der Waals surface area (Å²) < 4.78 is 4.04. The summed E-state index contributed by atoms with van der Waals surface area (Å²) in [5.41, 5.74) is 1.72. The standard InChI is InChI=1S/C11H10ClNOS/c1-7-6-13-15-11(7)10(14)8-4-2-3-5-9(8)12/h2-6,10,14H,1H3. The quantitative estimate of drug-likeness (QED) is 0.873. The van der Waals surface area contributed by atoms with E-state index in [2.05, 4.69) is 4.37 Å². The molecule has 1 unspecified atom stereocenters. The predicted octanol–water partition coefficient (Wildman–Crippen LogP) is 3.19. The summed E-state index contributed by atoms with van der Waals surface area (Å²) in [5, 5.41) is 10.7.